The van der Waals surface area contributed by atoms with Crippen LogP contribution in [0.3, 0.4) is 0 Å². The van der Waals surface area contributed by atoms with Gasteiger partial charge >= 0.3 is 0 Å². The minimum atomic E-state index is -0.532. The van der Waals surface area contributed by atoms with Gasteiger partial charge in [-0.1, -0.05) is 42.5 Å². The minimum absolute atomic E-state index is 0.136. The van der Waals surface area contributed by atoms with Gasteiger partial charge in [0, 0.05) is 44.4 Å². The van der Waals surface area contributed by atoms with Crippen LogP contribution >= 0.6 is 0 Å². The maximum absolute atomic E-state index is 12.9. The molecule has 0 spiro atoms. The van der Waals surface area contributed by atoms with Gasteiger partial charge in [-0.3, -0.25) is 14.5 Å². The third kappa shape index (κ3) is 7.19. The largest absolute Gasteiger partial charge is 0.492 e. The van der Waals surface area contributed by atoms with E-state index in [4.69, 9.17) is 15.2 Å². The van der Waals surface area contributed by atoms with Crippen LogP contribution in [0.15, 0.2) is 73.1 Å². The molecule has 9 heteroatoms. The summed E-state index contributed by atoms with van der Waals surface area (Å²) in [6, 6.07) is 21.0. The summed E-state index contributed by atoms with van der Waals surface area (Å²) in [6.07, 6.45) is 2.10. The molecule has 40 heavy (non-hydrogen) atoms. The number of benzene rings is 3. The van der Waals surface area contributed by atoms with Crippen molar-refractivity contribution in [1.82, 2.24) is 14.9 Å². The molecule has 3 N–H and O–H groups in total. The normalized spacial score (nSPS) is 13.7. The maximum Gasteiger partial charge on any atom is 0.250 e. The minimum Gasteiger partial charge on any atom is -0.492 e. The van der Waals surface area contributed by atoms with E-state index in [1.54, 1.807) is 12.1 Å². The number of Topliss-reactive ketones (excluding diaryl/α,β-unsaturated/α-hetero) is 1. The third-order valence-corrected chi connectivity index (χ3v) is 6.86. The Bertz CT molecular complexity index is 1490. The zero-order valence-electron chi connectivity index (χ0n) is 22.3. The van der Waals surface area contributed by atoms with Gasteiger partial charge in [-0.2, -0.15) is 0 Å². The van der Waals surface area contributed by atoms with Crippen LogP contribution in [0.1, 0.15) is 27.0 Å². The molecule has 0 bridgehead atoms. The number of para-hydroxylation sites is 1. The number of ether oxygens (including phenoxy) is 2. The van der Waals surface area contributed by atoms with Crippen LogP contribution in [0.25, 0.3) is 10.9 Å². The Morgan fingerprint density at radius 1 is 0.925 bits per heavy atom. The van der Waals surface area contributed by atoms with Crippen molar-refractivity contribution in [1.29, 1.82) is 0 Å². The van der Waals surface area contributed by atoms with Crippen LogP contribution in [0.4, 0.5) is 5.82 Å². The Kier molecular flexibility index (Phi) is 8.95. The molecule has 0 saturated carbocycles. The number of rotatable bonds is 12. The van der Waals surface area contributed by atoms with Gasteiger partial charge in [0.05, 0.1) is 24.3 Å². The molecule has 206 valence electrons. The van der Waals surface area contributed by atoms with Gasteiger partial charge in [-0.25, -0.2) is 9.97 Å². The molecular weight excluding hydrogens is 506 g/mol. The van der Waals surface area contributed by atoms with E-state index in [2.05, 4.69) is 20.2 Å². The number of amides is 1. The van der Waals surface area contributed by atoms with E-state index in [9.17, 15) is 9.59 Å². The maximum atomic E-state index is 12.9. The van der Waals surface area contributed by atoms with Gasteiger partial charge in [0.1, 0.15) is 30.3 Å². The number of fused-ring (bicyclic) bond motifs is 1. The number of hydrogen-bond donors (Lipinski definition) is 2. The number of carbonyl (C=O) groups excluding carboxylic acids is 2. The van der Waals surface area contributed by atoms with Crippen molar-refractivity contribution in [3.8, 4) is 5.75 Å². The summed E-state index contributed by atoms with van der Waals surface area (Å²) in [7, 11) is 0. The van der Waals surface area contributed by atoms with E-state index < -0.39 is 5.91 Å². The Hall–Kier alpha value is -4.34. The number of carbonyl (C=O) groups is 2. The monoisotopic (exact) mass is 539 g/mol. The van der Waals surface area contributed by atoms with Crippen LogP contribution in [-0.4, -0.2) is 66.0 Å². The molecule has 0 unspecified atom stereocenters. The standard InChI is InChI=1S/C31H33N5O4/c32-30(38)27-8-3-9-28-29(27)34-21-35-31(28)33-20-24-6-1-4-22(16-24)17-25(37)18-23-5-2-7-26(19-23)40-15-12-36-10-13-39-14-11-36/h1-9,16,19,21H,10-15,17-18,20H2,(H2,32,38)(H,33,34,35). The number of aromatic nitrogens is 2. The van der Waals surface area contributed by atoms with E-state index in [0.29, 0.717) is 42.9 Å². The molecule has 9 nitrogen and oxygen atoms in total. The summed E-state index contributed by atoms with van der Waals surface area (Å²) in [5, 5.41) is 4.04. The van der Waals surface area contributed by atoms with Gasteiger partial charge in [0.2, 0.25) is 0 Å². The Labute approximate surface area is 233 Å². The molecule has 1 fully saturated rings. The van der Waals surface area contributed by atoms with E-state index >= 15 is 0 Å². The van der Waals surface area contributed by atoms with Crippen LogP contribution in [0, 0.1) is 0 Å². The highest BCUT2D eigenvalue weighted by molar-refractivity contribution is 6.06. The predicted octanol–water partition coefficient (Wildman–Crippen LogP) is 3.41. The fourth-order valence-electron chi connectivity index (χ4n) is 4.84. The number of nitrogens with zero attached hydrogens (tertiary/aromatic N) is 3. The lowest BCUT2D eigenvalue weighted by atomic mass is 10.0. The molecule has 5 rings (SSSR count). The lowest BCUT2D eigenvalue weighted by Gasteiger charge is -2.26. The smallest absolute Gasteiger partial charge is 0.250 e. The Morgan fingerprint density at radius 3 is 2.45 bits per heavy atom. The first-order chi connectivity index (χ1) is 19.5. The van der Waals surface area contributed by atoms with Crippen molar-refractivity contribution < 1.29 is 19.1 Å². The first-order valence-electron chi connectivity index (χ1n) is 13.4. The zero-order valence-corrected chi connectivity index (χ0v) is 22.3. The summed E-state index contributed by atoms with van der Waals surface area (Å²) in [6.45, 7) is 5.38. The molecule has 0 radical (unpaired) electrons. The second-order valence-electron chi connectivity index (χ2n) is 9.80. The van der Waals surface area contributed by atoms with Crippen molar-refractivity contribution in [2.45, 2.75) is 19.4 Å². The zero-order chi connectivity index (χ0) is 27.7. The van der Waals surface area contributed by atoms with Crippen molar-refractivity contribution in [3.63, 3.8) is 0 Å². The Balaban J connectivity index is 1.15. The summed E-state index contributed by atoms with van der Waals surface area (Å²) >= 11 is 0. The predicted molar refractivity (Wildman–Crippen MR) is 153 cm³/mol. The van der Waals surface area contributed by atoms with Crippen molar-refractivity contribution in [2.24, 2.45) is 5.73 Å². The van der Waals surface area contributed by atoms with E-state index in [0.717, 1.165) is 60.7 Å². The van der Waals surface area contributed by atoms with Gasteiger partial charge in [0.25, 0.3) is 5.91 Å². The molecule has 1 amide bonds. The number of hydrogen-bond acceptors (Lipinski definition) is 8. The van der Waals surface area contributed by atoms with Crippen molar-refractivity contribution in [2.75, 3.05) is 44.8 Å². The van der Waals surface area contributed by atoms with Crippen LogP contribution in [0.2, 0.25) is 0 Å². The van der Waals surface area contributed by atoms with Crippen LogP contribution < -0.4 is 15.8 Å². The fourth-order valence-corrected chi connectivity index (χ4v) is 4.84. The molecule has 1 saturated heterocycles. The highest BCUT2D eigenvalue weighted by Crippen LogP contribution is 2.23. The lowest BCUT2D eigenvalue weighted by Crippen LogP contribution is -2.38. The number of primary amides is 1. The topological polar surface area (TPSA) is 120 Å². The first-order valence-corrected chi connectivity index (χ1v) is 13.4. The van der Waals surface area contributed by atoms with Gasteiger partial charge < -0.3 is 20.5 Å². The second kappa shape index (κ2) is 13.1. The quantitative estimate of drug-likeness (QED) is 0.281. The SMILES string of the molecule is NC(=O)c1cccc2c(NCc3cccc(CC(=O)Cc4cccc(OCCN5CCOCC5)c4)c3)ncnc12. The molecule has 3 aromatic carbocycles. The molecule has 4 aromatic rings. The number of ketones is 1. The molecule has 0 atom stereocenters. The van der Waals surface area contributed by atoms with Gasteiger partial charge in [-0.05, 0) is 41.0 Å². The number of nitrogens with two attached hydrogens (primary N) is 1. The average Bonchev–Trinajstić information content (AvgIpc) is 2.96. The molecule has 0 aliphatic carbocycles. The van der Waals surface area contributed by atoms with Gasteiger partial charge in [-0.15, -0.1) is 0 Å². The summed E-state index contributed by atoms with van der Waals surface area (Å²) in [5.74, 6) is 1.00. The molecule has 2 heterocycles. The van der Waals surface area contributed by atoms with Gasteiger partial charge in [0.15, 0.2) is 0 Å². The first kappa shape index (κ1) is 27.2. The molecular formula is C31H33N5O4. The van der Waals surface area contributed by atoms with Crippen LogP contribution in [0.5, 0.6) is 5.75 Å². The summed E-state index contributed by atoms with van der Waals surface area (Å²) < 4.78 is 11.3. The number of morpholine rings is 1. The number of nitrogens with one attached hydrogen (secondary N) is 1. The highest BCUT2D eigenvalue weighted by Gasteiger charge is 2.13. The molecule has 1 aromatic heterocycles. The van der Waals surface area contributed by atoms with E-state index in [1.807, 2.05) is 54.6 Å². The average molecular weight is 540 g/mol. The van der Waals surface area contributed by atoms with Crippen molar-refractivity contribution in [3.05, 3.63) is 95.3 Å². The Morgan fingerprint density at radius 2 is 1.65 bits per heavy atom. The second-order valence-corrected chi connectivity index (χ2v) is 9.80. The summed E-state index contributed by atoms with van der Waals surface area (Å²) in [5.41, 5.74) is 9.27. The number of anilines is 1. The summed E-state index contributed by atoms with van der Waals surface area (Å²) in [4.78, 5) is 35.6. The van der Waals surface area contributed by atoms with E-state index in [-0.39, 0.29) is 5.78 Å². The van der Waals surface area contributed by atoms with E-state index in [1.165, 1.54) is 6.33 Å². The fraction of sp³-hybridized carbons (Fsp3) is 0.290. The van der Waals surface area contributed by atoms with Crippen LogP contribution in [-0.2, 0) is 28.9 Å². The van der Waals surface area contributed by atoms with Crippen molar-refractivity contribution >= 4 is 28.4 Å². The molecule has 1 aliphatic heterocycles. The lowest BCUT2D eigenvalue weighted by molar-refractivity contribution is -0.117. The third-order valence-electron chi connectivity index (χ3n) is 6.86. The highest BCUT2D eigenvalue weighted by atomic mass is 16.5. The molecule has 1 aliphatic rings.